The third-order valence-corrected chi connectivity index (χ3v) is 3.67. The molecule has 0 saturated carbocycles. The summed E-state index contributed by atoms with van der Waals surface area (Å²) in [5.74, 6) is 2.93. The fourth-order valence-electron chi connectivity index (χ4n) is 2.83. The summed E-state index contributed by atoms with van der Waals surface area (Å²) < 4.78 is 0. The summed E-state index contributed by atoms with van der Waals surface area (Å²) in [6.07, 6.45) is 4.46. The van der Waals surface area contributed by atoms with Gasteiger partial charge in [-0.1, -0.05) is 13.8 Å². The van der Waals surface area contributed by atoms with E-state index in [0.717, 1.165) is 17.8 Å². The molecule has 2 fully saturated rings. The smallest absolute Gasteiger partial charge is 0.00123 e. The van der Waals surface area contributed by atoms with Gasteiger partial charge in [-0.25, -0.2) is 0 Å². The average molecular weight is 167 g/mol. The lowest BCUT2D eigenvalue weighted by molar-refractivity contribution is 0.0634. The standard InChI is InChI=1S/C11H21N/c1-9(2)11-6-10-4-3-5-12(7-10)8-11/h9-11H,3-8H2,1-2H3. The molecule has 2 bridgehead atoms. The van der Waals surface area contributed by atoms with Crippen LogP contribution in [0.2, 0.25) is 0 Å². The molecule has 70 valence electrons. The number of hydrogen-bond donors (Lipinski definition) is 0. The Bertz CT molecular complexity index is 141. The van der Waals surface area contributed by atoms with Gasteiger partial charge >= 0.3 is 0 Å². The van der Waals surface area contributed by atoms with Crippen molar-refractivity contribution in [3.63, 3.8) is 0 Å². The van der Waals surface area contributed by atoms with E-state index in [0.29, 0.717) is 0 Å². The van der Waals surface area contributed by atoms with Gasteiger partial charge in [0.1, 0.15) is 0 Å². The fourth-order valence-corrected chi connectivity index (χ4v) is 2.83. The molecular weight excluding hydrogens is 146 g/mol. The van der Waals surface area contributed by atoms with Crippen molar-refractivity contribution in [2.24, 2.45) is 17.8 Å². The summed E-state index contributed by atoms with van der Waals surface area (Å²) in [5.41, 5.74) is 0. The van der Waals surface area contributed by atoms with Crippen molar-refractivity contribution in [3.05, 3.63) is 0 Å². The predicted octanol–water partition coefficient (Wildman–Crippen LogP) is 2.37. The van der Waals surface area contributed by atoms with E-state index in [-0.39, 0.29) is 0 Å². The predicted molar refractivity (Wildman–Crippen MR) is 52.1 cm³/mol. The van der Waals surface area contributed by atoms with Crippen molar-refractivity contribution in [3.8, 4) is 0 Å². The lowest BCUT2D eigenvalue weighted by Gasteiger charge is -2.43. The maximum absolute atomic E-state index is 2.68. The number of piperidine rings is 2. The van der Waals surface area contributed by atoms with Crippen LogP contribution in [-0.2, 0) is 0 Å². The molecule has 0 amide bonds. The van der Waals surface area contributed by atoms with Gasteiger partial charge in [0, 0.05) is 13.1 Å². The Morgan fingerprint density at radius 2 is 2.08 bits per heavy atom. The van der Waals surface area contributed by atoms with Crippen LogP contribution in [0.25, 0.3) is 0 Å². The molecule has 0 aromatic heterocycles. The quantitative estimate of drug-likeness (QED) is 0.579. The minimum Gasteiger partial charge on any atom is -0.303 e. The molecule has 3 unspecified atom stereocenters. The molecule has 1 nitrogen and oxygen atoms in total. The lowest BCUT2D eigenvalue weighted by atomic mass is 9.78. The minimum absolute atomic E-state index is 0.897. The van der Waals surface area contributed by atoms with Crippen molar-refractivity contribution >= 4 is 0 Å². The van der Waals surface area contributed by atoms with E-state index in [9.17, 15) is 0 Å². The van der Waals surface area contributed by atoms with Crippen molar-refractivity contribution < 1.29 is 0 Å². The summed E-state index contributed by atoms with van der Waals surface area (Å²) in [4.78, 5) is 2.68. The molecule has 0 N–H and O–H groups in total. The van der Waals surface area contributed by atoms with Gasteiger partial charge < -0.3 is 4.90 Å². The maximum atomic E-state index is 2.68. The molecule has 1 heteroatoms. The summed E-state index contributed by atoms with van der Waals surface area (Å²) in [6, 6.07) is 0. The van der Waals surface area contributed by atoms with Gasteiger partial charge in [0.2, 0.25) is 0 Å². The molecular formula is C11H21N. The van der Waals surface area contributed by atoms with E-state index in [4.69, 9.17) is 0 Å². The van der Waals surface area contributed by atoms with E-state index in [1.54, 1.807) is 0 Å². The highest BCUT2D eigenvalue weighted by Gasteiger charge is 2.31. The molecule has 2 rings (SSSR count). The van der Waals surface area contributed by atoms with Crippen LogP contribution in [0.4, 0.5) is 0 Å². The SMILES string of the molecule is CC(C)C1CC2CCCN(C2)C1. The largest absolute Gasteiger partial charge is 0.303 e. The lowest BCUT2D eigenvalue weighted by Crippen LogP contribution is -2.45. The second-order valence-electron chi connectivity index (χ2n) is 5.01. The zero-order valence-corrected chi connectivity index (χ0v) is 8.42. The van der Waals surface area contributed by atoms with E-state index >= 15 is 0 Å². The first kappa shape index (κ1) is 8.55. The number of rotatable bonds is 1. The zero-order chi connectivity index (χ0) is 8.55. The topological polar surface area (TPSA) is 3.24 Å². The van der Waals surface area contributed by atoms with Crippen LogP contribution in [0.15, 0.2) is 0 Å². The van der Waals surface area contributed by atoms with E-state index < -0.39 is 0 Å². The van der Waals surface area contributed by atoms with Crippen LogP contribution >= 0.6 is 0 Å². The molecule has 2 aliphatic heterocycles. The van der Waals surface area contributed by atoms with E-state index in [1.165, 1.54) is 38.9 Å². The highest BCUT2D eigenvalue weighted by atomic mass is 15.1. The highest BCUT2D eigenvalue weighted by molar-refractivity contribution is 4.84. The molecule has 2 heterocycles. The van der Waals surface area contributed by atoms with Crippen LogP contribution in [-0.4, -0.2) is 24.5 Å². The molecule has 2 aliphatic rings. The van der Waals surface area contributed by atoms with Gasteiger partial charge in [-0.2, -0.15) is 0 Å². The van der Waals surface area contributed by atoms with E-state index in [1.807, 2.05) is 0 Å². The van der Waals surface area contributed by atoms with Crippen LogP contribution in [0.5, 0.6) is 0 Å². The second-order valence-corrected chi connectivity index (χ2v) is 5.01. The molecule has 12 heavy (non-hydrogen) atoms. The van der Waals surface area contributed by atoms with Crippen LogP contribution in [0.3, 0.4) is 0 Å². The monoisotopic (exact) mass is 167 g/mol. The summed E-state index contributed by atoms with van der Waals surface area (Å²) in [6.45, 7) is 8.93. The summed E-state index contributed by atoms with van der Waals surface area (Å²) in [7, 11) is 0. The van der Waals surface area contributed by atoms with Gasteiger partial charge in [0.25, 0.3) is 0 Å². The Labute approximate surface area is 76.1 Å². The van der Waals surface area contributed by atoms with E-state index in [2.05, 4.69) is 18.7 Å². The van der Waals surface area contributed by atoms with Crippen molar-refractivity contribution in [2.75, 3.05) is 19.6 Å². The van der Waals surface area contributed by atoms with Crippen molar-refractivity contribution in [2.45, 2.75) is 33.1 Å². The first-order valence-corrected chi connectivity index (χ1v) is 5.48. The van der Waals surface area contributed by atoms with Crippen LogP contribution in [0.1, 0.15) is 33.1 Å². The molecule has 2 saturated heterocycles. The average Bonchev–Trinajstić information content (AvgIpc) is 2.03. The fraction of sp³-hybridized carbons (Fsp3) is 1.00. The molecule has 0 aromatic carbocycles. The summed E-state index contributed by atoms with van der Waals surface area (Å²) >= 11 is 0. The molecule has 0 spiro atoms. The van der Waals surface area contributed by atoms with Gasteiger partial charge in [0.15, 0.2) is 0 Å². The normalized spacial score (nSPS) is 41.8. The van der Waals surface area contributed by atoms with Gasteiger partial charge in [-0.3, -0.25) is 0 Å². The van der Waals surface area contributed by atoms with Gasteiger partial charge in [-0.05, 0) is 43.6 Å². The third-order valence-electron chi connectivity index (χ3n) is 3.67. The Morgan fingerprint density at radius 1 is 1.25 bits per heavy atom. The molecule has 0 aromatic rings. The van der Waals surface area contributed by atoms with Gasteiger partial charge in [0.05, 0.1) is 0 Å². The number of nitrogens with zero attached hydrogens (tertiary/aromatic N) is 1. The Hall–Kier alpha value is -0.0400. The summed E-state index contributed by atoms with van der Waals surface area (Å²) in [5, 5.41) is 0. The second kappa shape index (κ2) is 3.37. The Morgan fingerprint density at radius 3 is 2.75 bits per heavy atom. The Balaban J connectivity index is 1.96. The molecule has 0 radical (unpaired) electrons. The van der Waals surface area contributed by atoms with Gasteiger partial charge in [-0.15, -0.1) is 0 Å². The molecule has 3 atom stereocenters. The zero-order valence-electron chi connectivity index (χ0n) is 8.42. The first-order chi connectivity index (χ1) is 5.75. The highest BCUT2D eigenvalue weighted by Crippen LogP contribution is 2.32. The van der Waals surface area contributed by atoms with Crippen molar-refractivity contribution in [1.82, 2.24) is 4.90 Å². The minimum atomic E-state index is 0.897. The molecule has 0 aliphatic carbocycles. The third kappa shape index (κ3) is 1.66. The number of fused-ring (bicyclic) bond motifs is 2. The Kier molecular flexibility index (Phi) is 2.40. The first-order valence-electron chi connectivity index (χ1n) is 5.48. The van der Waals surface area contributed by atoms with Crippen molar-refractivity contribution in [1.29, 1.82) is 0 Å². The van der Waals surface area contributed by atoms with Crippen LogP contribution < -0.4 is 0 Å². The number of hydrogen-bond acceptors (Lipinski definition) is 1. The maximum Gasteiger partial charge on any atom is 0.00123 e. The van der Waals surface area contributed by atoms with Crippen LogP contribution in [0, 0.1) is 17.8 Å².